The van der Waals surface area contributed by atoms with Gasteiger partial charge in [0.2, 0.25) is 0 Å². The number of carbonyl (C=O) groups is 1. The van der Waals surface area contributed by atoms with E-state index in [1.165, 1.54) is 0 Å². The van der Waals surface area contributed by atoms with Crippen molar-refractivity contribution in [2.24, 2.45) is 0 Å². The summed E-state index contributed by atoms with van der Waals surface area (Å²) in [6.45, 7) is 2.28. The van der Waals surface area contributed by atoms with E-state index >= 15 is 0 Å². The predicted octanol–water partition coefficient (Wildman–Crippen LogP) is 5.42. The molecule has 3 aromatic rings. The molecule has 1 N–H and O–H groups in total. The number of halogens is 1. The van der Waals surface area contributed by atoms with Crippen molar-refractivity contribution in [1.82, 2.24) is 5.32 Å². The Labute approximate surface area is 170 Å². The number of hydrogen-bond acceptors (Lipinski definition) is 3. The van der Waals surface area contributed by atoms with Crippen molar-refractivity contribution in [2.45, 2.75) is 19.6 Å². The molecule has 4 nitrogen and oxygen atoms in total. The maximum Gasteiger partial charge on any atom is 0.251 e. The number of carbonyl (C=O) groups excluding carboxylic acids is 1. The summed E-state index contributed by atoms with van der Waals surface area (Å²) < 4.78 is 11.0. The number of hydrogen-bond donors (Lipinski definition) is 1. The number of methoxy groups -OCH3 is 1. The van der Waals surface area contributed by atoms with Gasteiger partial charge in [-0.25, -0.2) is 0 Å². The van der Waals surface area contributed by atoms with Gasteiger partial charge in [0.05, 0.1) is 13.2 Å². The molecule has 3 aromatic carbocycles. The van der Waals surface area contributed by atoms with Crippen molar-refractivity contribution >= 4 is 17.5 Å². The second-order valence-electron chi connectivity index (χ2n) is 6.38. The van der Waals surface area contributed by atoms with Crippen molar-refractivity contribution in [1.29, 1.82) is 0 Å². The van der Waals surface area contributed by atoms with Crippen LogP contribution in [0.15, 0.2) is 72.8 Å². The minimum absolute atomic E-state index is 0.133. The van der Waals surface area contributed by atoms with Gasteiger partial charge in [0, 0.05) is 16.1 Å². The first-order valence-corrected chi connectivity index (χ1v) is 9.35. The number of rotatable bonds is 7. The summed E-state index contributed by atoms with van der Waals surface area (Å²) in [7, 11) is 1.63. The molecule has 0 spiro atoms. The zero-order chi connectivity index (χ0) is 19.9. The molecule has 1 unspecified atom stereocenters. The summed E-state index contributed by atoms with van der Waals surface area (Å²) in [5.41, 5.74) is 2.43. The lowest BCUT2D eigenvalue weighted by Gasteiger charge is -2.15. The van der Waals surface area contributed by atoms with Crippen LogP contribution in [0.4, 0.5) is 0 Å². The molecule has 1 atom stereocenters. The first-order valence-electron chi connectivity index (χ1n) is 8.98. The number of ether oxygens (including phenoxy) is 2. The zero-order valence-corrected chi connectivity index (χ0v) is 16.6. The standard InChI is InChI=1S/C23H22ClNO3/c1-16(17-10-12-20(27-2)13-11-17)25-23(26)18-7-5-8-21(14-18)28-15-19-6-3-4-9-22(19)24/h3-14,16H,15H2,1-2H3,(H,25,26). The molecule has 0 saturated carbocycles. The Kier molecular flexibility index (Phi) is 6.56. The van der Waals surface area contributed by atoms with Crippen LogP contribution in [0, 0.1) is 0 Å². The molecule has 0 aliphatic heterocycles. The van der Waals surface area contributed by atoms with Crippen LogP contribution in [-0.4, -0.2) is 13.0 Å². The summed E-state index contributed by atoms with van der Waals surface area (Å²) in [6, 6.07) is 22.1. The molecule has 5 heteroatoms. The smallest absolute Gasteiger partial charge is 0.251 e. The van der Waals surface area contributed by atoms with Gasteiger partial charge in [-0.2, -0.15) is 0 Å². The van der Waals surface area contributed by atoms with Gasteiger partial charge in [-0.1, -0.05) is 48.0 Å². The van der Waals surface area contributed by atoms with E-state index in [1.807, 2.05) is 61.5 Å². The van der Waals surface area contributed by atoms with Gasteiger partial charge in [-0.05, 0) is 48.9 Å². The van der Waals surface area contributed by atoms with Crippen LogP contribution < -0.4 is 14.8 Å². The van der Waals surface area contributed by atoms with Gasteiger partial charge in [0.15, 0.2) is 0 Å². The third-order valence-electron chi connectivity index (χ3n) is 4.41. The van der Waals surface area contributed by atoms with E-state index in [0.717, 1.165) is 16.9 Å². The van der Waals surface area contributed by atoms with E-state index in [-0.39, 0.29) is 11.9 Å². The minimum atomic E-state index is -0.161. The molecule has 0 aliphatic carbocycles. The Bertz CT molecular complexity index is 941. The maximum atomic E-state index is 12.6. The van der Waals surface area contributed by atoms with Crippen molar-refractivity contribution in [3.63, 3.8) is 0 Å². The molecule has 0 fully saturated rings. The van der Waals surface area contributed by atoms with Gasteiger partial charge >= 0.3 is 0 Å². The molecule has 1 amide bonds. The Morgan fingerprint density at radius 3 is 2.46 bits per heavy atom. The molecule has 0 aliphatic rings. The molecule has 28 heavy (non-hydrogen) atoms. The summed E-state index contributed by atoms with van der Waals surface area (Å²) in [6.07, 6.45) is 0. The van der Waals surface area contributed by atoms with Crippen LogP contribution in [0.5, 0.6) is 11.5 Å². The van der Waals surface area contributed by atoms with Crippen LogP contribution >= 0.6 is 11.6 Å². The van der Waals surface area contributed by atoms with Crippen molar-refractivity contribution in [3.8, 4) is 11.5 Å². The molecule has 0 radical (unpaired) electrons. The first kappa shape index (κ1) is 19.8. The van der Waals surface area contributed by atoms with Crippen molar-refractivity contribution in [3.05, 3.63) is 94.5 Å². The average molecular weight is 396 g/mol. The van der Waals surface area contributed by atoms with E-state index < -0.39 is 0 Å². The number of benzene rings is 3. The predicted molar refractivity (Wildman–Crippen MR) is 111 cm³/mol. The third-order valence-corrected chi connectivity index (χ3v) is 4.78. The largest absolute Gasteiger partial charge is 0.497 e. The lowest BCUT2D eigenvalue weighted by molar-refractivity contribution is 0.0939. The van der Waals surface area contributed by atoms with Crippen LogP contribution in [-0.2, 0) is 6.61 Å². The number of nitrogens with one attached hydrogen (secondary N) is 1. The van der Waals surface area contributed by atoms with Crippen LogP contribution in [0.1, 0.15) is 34.5 Å². The summed E-state index contributed by atoms with van der Waals surface area (Å²) in [5.74, 6) is 1.24. The first-order chi connectivity index (χ1) is 13.6. The van der Waals surface area contributed by atoms with Gasteiger partial charge in [-0.15, -0.1) is 0 Å². The monoisotopic (exact) mass is 395 g/mol. The lowest BCUT2D eigenvalue weighted by Crippen LogP contribution is -2.26. The highest BCUT2D eigenvalue weighted by atomic mass is 35.5. The van der Waals surface area contributed by atoms with Gasteiger partial charge < -0.3 is 14.8 Å². The van der Waals surface area contributed by atoms with E-state index in [0.29, 0.717) is 22.9 Å². The highest BCUT2D eigenvalue weighted by Crippen LogP contribution is 2.21. The fraction of sp³-hybridized carbons (Fsp3) is 0.174. The third kappa shape index (κ3) is 5.05. The van der Waals surface area contributed by atoms with Crippen LogP contribution in [0.25, 0.3) is 0 Å². The zero-order valence-electron chi connectivity index (χ0n) is 15.8. The van der Waals surface area contributed by atoms with E-state index in [9.17, 15) is 4.79 Å². The van der Waals surface area contributed by atoms with Gasteiger partial charge in [0.25, 0.3) is 5.91 Å². The fourth-order valence-electron chi connectivity index (χ4n) is 2.76. The summed E-state index contributed by atoms with van der Waals surface area (Å²) >= 11 is 6.15. The molecule has 0 aromatic heterocycles. The summed E-state index contributed by atoms with van der Waals surface area (Å²) in [5, 5.41) is 3.66. The highest BCUT2D eigenvalue weighted by molar-refractivity contribution is 6.31. The summed E-state index contributed by atoms with van der Waals surface area (Å²) in [4.78, 5) is 12.6. The fourth-order valence-corrected chi connectivity index (χ4v) is 2.95. The Hall–Kier alpha value is -2.98. The molecule has 0 bridgehead atoms. The molecule has 0 saturated heterocycles. The topological polar surface area (TPSA) is 47.6 Å². The van der Waals surface area contributed by atoms with Gasteiger partial charge in [0.1, 0.15) is 18.1 Å². The maximum absolute atomic E-state index is 12.6. The lowest BCUT2D eigenvalue weighted by atomic mass is 10.1. The molecule has 144 valence electrons. The Morgan fingerprint density at radius 1 is 1.00 bits per heavy atom. The van der Waals surface area contributed by atoms with E-state index in [4.69, 9.17) is 21.1 Å². The molecular formula is C23H22ClNO3. The van der Waals surface area contributed by atoms with Crippen LogP contribution in [0.3, 0.4) is 0 Å². The van der Waals surface area contributed by atoms with Crippen molar-refractivity contribution < 1.29 is 14.3 Å². The average Bonchev–Trinajstić information content (AvgIpc) is 2.73. The number of amides is 1. The highest BCUT2D eigenvalue weighted by Gasteiger charge is 2.12. The molecule has 0 heterocycles. The van der Waals surface area contributed by atoms with E-state index in [2.05, 4.69) is 5.32 Å². The Morgan fingerprint density at radius 2 is 1.75 bits per heavy atom. The van der Waals surface area contributed by atoms with Crippen LogP contribution in [0.2, 0.25) is 5.02 Å². The molecule has 3 rings (SSSR count). The van der Waals surface area contributed by atoms with Crippen molar-refractivity contribution in [2.75, 3.05) is 7.11 Å². The van der Waals surface area contributed by atoms with E-state index in [1.54, 1.807) is 25.3 Å². The normalized spacial score (nSPS) is 11.5. The molecular weight excluding hydrogens is 374 g/mol. The SMILES string of the molecule is COc1ccc(C(C)NC(=O)c2cccc(OCc3ccccc3Cl)c2)cc1. The second-order valence-corrected chi connectivity index (χ2v) is 6.78. The van der Waals surface area contributed by atoms with Gasteiger partial charge in [-0.3, -0.25) is 4.79 Å². The minimum Gasteiger partial charge on any atom is -0.497 e. The second kappa shape index (κ2) is 9.29. The Balaban J connectivity index is 1.63. The quantitative estimate of drug-likeness (QED) is 0.581.